The third-order valence-electron chi connectivity index (χ3n) is 3.35. The van der Waals surface area contributed by atoms with Gasteiger partial charge in [0.15, 0.2) is 0 Å². The Kier molecular flexibility index (Phi) is 5.48. The van der Waals surface area contributed by atoms with Gasteiger partial charge in [0, 0.05) is 35.3 Å². The molecule has 0 amide bonds. The second-order valence-corrected chi connectivity index (χ2v) is 5.88. The summed E-state index contributed by atoms with van der Waals surface area (Å²) < 4.78 is 5.58. The Morgan fingerprint density at radius 1 is 1.47 bits per heavy atom. The van der Waals surface area contributed by atoms with E-state index in [1.165, 1.54) is 0 Å². The Bertz CT molecular complexity index is 422. The number of hydrogen-bond acceptors (Lipinski definition) is 3. The molecular weight excluding hydrogens is 285 g/mol. The van der Waals surface area contributed by atoms with Crippen LogP contribution in [0.5, 0.6) is 0 Å². The molecule has 1 aliphatic heterocycles. The van der Waals surface area contributed by atoms with E-state index in [0.29, 0.717) is 22.2 Å². The number of nitrogens with zero attached hydrogens (tertiary/aromatic N) is 1. The Labute approximate surface area is 124 Å². The third-order valence-corrected chi connectivity index (χ3v) is 3.91. The third kappa shape index (κ3) is 4.33. The SMILES string of the molecule is CN(CC1CCCO1)CC(O)c1ccc(Cl)cc1Cl. The predicted octanol–water partition coefficient (Wildman–Crippen LogP) is 3.14. The second kappa shape index (κ2) is 6.91. The zero-order valence-corrected chi connectivity index (χ0v) is 12.5. The van der Waals surface area contributed by atoms with Crippen LogP contribution in [0.15, 0.2) is 18.2 Å². The molecule has 0 aromatic heterocycles. The number of likely N-dealkylation sites (N-methyl/N-ethyl adjacent to an activating group) is 1. The molecular formula is C14H19Cl2NO2. The van der Waals surface area contributed by atoms with Gasteiger partial charge in [-0.15, -0.1) is 0 Å². The van der Waals surface area contributed by atoms with Gasteiger partial charge in [-0.25, -0.2) is 0 Å². The molecule has 1 heterocycles. The maximum Gasteiger partial charge on any atom is 0.0931 e. The van der Waals surface area contributed by atoms with E-state index in [1.807, 2.05) is 7.05 Å². The van der Waals surface area contributed by atoms with Crippen molar-refractivity contribution < 1.29 is 9.84 Å². The van der Waals surface area contributed by atoms with E-state index in [0.717, 1.165) is 26.0 Å². The van der Waals surface area contributed by atoms with Crippen molar-refractivity contribution in [3.8, 4) is 0 Å². The van der Waals surface area contributed by atoms with Crippen molar-refractivity contribution in [2.24, 2.45) is 0 Å². The zero-order chi connectivity index (χ0) is 13.8. The fourth-order valence-corrected chi connectivity index (χ4v) is 2.91. The first kappa shape index (κ1) is 15.1. The van der Waals surface area contributed by atoms with Crippen LogP contribution in [0.2, 0.25) is 10.0 Å². The average molecular weight is 304 g/mol. The first-order valence-corrected chi connectivity index (χ1v) is 7.25. The van der Waals surface area contributed by atoms with Crippen LogP contribution in [0, 0.1) is 0 Å². The van der Waals surface area contributed by atoms with Crippen LogP contribution in [0.1, 0.15) is 24.5 Å². The maximum atomic E-state index is 10.2. The van der Waals surface area contributed by atoms with Crippen LogP contribution in [-0.2, 0) is 4.74 Å². The lowest BCUT2D eigenvalue weighted by molar-refractivity contribution is 0.0602. The molecule has 1 fully saturated rings. The molecule has 106 valence electrons. The highest BCUT2D eigenvalue weighted by Crippen LogP contribution is 2.26. The van der Waals surface area contributed by atoms with Gasteiger partial charge >= 0.3 is 0 Å². The molecule has 1 saturated heterocycles. The predicted molar refractivity (Wildman–Crippen MR) is 77.9 cm³/mol. The summed E-state index contributed by atoms with van der Waals surface area (Å²) in [6.07, 6.45) is 1.90. The van der Waals surface area contributed by atoms with E-state index in [9.17, 15) is 5.11 Å². The first-order valence-electron chi connectivity index (χ1n) is 6.49. The summed E-state index contributed by atoms with van der Waals surface area (Å²) in [5.41, 5.74) is 0.713. The number of ether oxygens (including phenoxy) is 1. The van der Waals surface area contributed by atoms with Gasteiger partial charge in [-0.3, -0.25) is 0 Å². The molecule has 2 atom stereocenters. The van der Waals surface area contributed by atoms with Gasteiger partial charge in [0.25, 0.3) is 0 Å². The van der Waals surface area contributed by atoms with E-state index < -0.39 is 6.10 Å². The van der Waals surface area contributed by atoms with Gasteiger partial charge in [-0.05, 0) is 32.0 Å². The standard InChI is InChI=1S/C14H19Cl2NO2/c1-17(8-11-3-2-6-19-11)9-14(18)12-5-4-10(15)7-13(12)16/h4-5,7,11,14,18H,2-3,6,8-9H2,1H3. The van der Waals surface area contributed by atoms with Gasteiger partial charge < -0.3 is 14.7 Å². The molecule has 0 radical (unpaired) electrons. The summed E-state index contributed by atoms with van der Waals surface area (Å²) in [6.45, 7) is 2.22. The van der Waals surface area contributed by atoms with Gasteiger partial charge in [0.1, 0.15) is 0 Å². The number of aliphatic hydroxyl groups is 1. The highest BCUT2D eigenvalue weighted by Gasteiger charge is 2.20. The van der Waals surface area contributed by atoms with Crippen LogP contribution in [0.25, 0.3) is 0 Å². The molecule has 3 nitrogen and oxygen atoms in total. The lowest BCUT2D eigenvalue weighted by Gasteiger charge is -2.23. The second-order valence-electron chi connectivity index (χ2n) is 5.04. The first-order chi connectivity index (χ1) is 9.06. The lowest BCUT2D eigenvalue weighted by atomic mass is 10.1. The summed E-state index contributed by atoms with van der Waals surface area (Å²) in [7, 11) is 1.98. The average Bonchev–Trinajstić information content (AvgIpc) is 2.81. The smallest absolute Gasteiger partial charge is 0.0931 e. The van der Waals surface area contributed by atoms with Crippen molar-refractivity contribution in [2.75, 3.05) is 26.7 Å². The zero-order valence-electron chi connectivity index (χ0n) is 11.0. The number of aliphatic hydroxyl groups excluding tert-OH is 1. The summed E-state index contributed by atoms with van der Waals surface area (Å²) in [5.74, 6) is 0. The lowest BCUT2D eigenvalue weighted by Crippen LogP contribution is -2.32. The number of rotatable bonds is 5. The molecule has 1 aromatic carbocycles. The molecule has 0 spiro atoms. The maximum absolute atomic E-state index is 10.2. The van der Waals surface area contributed by atoms with Crippen molar-refractivity contribution in [3.05, 3.63) is 33.8 Å². The molecule has 0 bridgehead atoms. The van der Waals surface area contributed by atoms with Crippen LogP contribution < -0.4 is 0 Å². The number of hydrogen-bond donors (Lipinski definition) is 1. The van der Waals surface area contributed by atoms with Gasteiger partial charge in [0.2, 0.25) is 0 Å². The topological polar surface area (TPSA) is 32.7 Å². The summed E-state index contributed by atoms with van der Waals surface area (Å²) in [6, 6.07) is 5.17. The van der Waals surface area contributed by atoms with Gasteiger partial charge in [-0.1, -0.05) is 29.3 Å². The van der Waals surface area contributed by atoms with E-state index in [4.69, 9.17) is 27.9 Å². The van der Waals surface area contributed by atoms with E-state index >= 15 is 0 Å². The van der Waals surface area contributed by atoms with E-state index in [2.05, 4.69) is 4.90 Å². The summed E-state index contributed by atoms with van der Waals surface area (Å²) in [5, 5.41) is 11.3. The number of halogens is 2. The molecule has 1 N–H and O–H groups in total. The quantitative estimate of drug-likeness (QED) is 0.907. The van der Waals surface area contributed by atoms with Crippen molar-refractivity contribution in [3.63, 3.8) is 0 Å². The molecule has 0 saturated carbocycles. The van der Waals surface area contributed by atoms with Crippen molar-refractivity contribution in [1.29, 1.82) is 0 Å². The Morgan fingerprint density at radius 3 is 2.89 bits per heavy atom. The monoisotopic (exact) mass is 303 g/mol. The highest BCUT2D eigenvalue weighted by atomic mass is 35.5. The van der Waals surface area contributed by atoms with Gasteiger partial charge in [0.05, 0.1) is 12.2 Å². The molecule has 1 aromatic rings. The normalized spacial score (nSPS) is 21.0. The molecule has 1 aliphatic rings. The van der Waals surface area contributed by atoms with Crippen LogP contribution in [-0.4, -0.2) is 42.9 Å². The van der Waals surface area contributed by atoms with Crippen molar-refractivity contribution in [1.82, 2.24) is 4.90 Å². The summed E-state index contributed by atoms with van der Waals surface area (Å²) >= 11 is 11.9. The molecule has 0 aliphatic carbocycles. The fourth-order valence-electron chi connectivity index (χ4n) is 2.38. The van der Waals surface area contributed by atoms with E-state index in [-0.39, 0.29) is 6.10 Å². The van der Waals surface area contributed by atoms with Crippen LogP contribution in [0.3, 0.4) is 0 Å². The van der Waals surface area contributed by atoms with Crippen molar-refractivity contribution >= 4 is 23.2 Å². The highest BCUT2D eigenvalue weighted by molar-refractivity contribution is 6.35. The summed E-state index contributed by atoms with van der Waals surface area (Å²) in [4.78, 5) is 2.07. The van der Waals surface area contributed by atoms with Crippen LogP contribution in [0.4, 0.5) is 0 Å². The minimum atomic E-state index is -0.615. The Balaban J connectivity index is 1.90. The van der Waals surface area contributed by atoms with E-state index in [1.54, 1.807) is 18.2 Å². The molecule has 2 unspecified atom stereocenters. The van der Waals surface area contributed by atoms with Crippen molar-refractivity contribution in [2.45, 2.75) is 25.0 Å². The van der Waals surface area contributed by atoms with Gasteiger partial charge in [-0.2, -0.15) is 0 Å². The fraction of sp³-hybridized carbons (Fsp3) is 0.571. The minimum Gasteiger partial charge on any atom is -0.387 e. The largest absolute Gasteiger partial charge is 0.387 e. The molecule has 19 heavy (non-hydrogen) atoms. The molecule has 5 heteroatoms. The Morgan fingerprint density at radius 2 is 2.26 bits per heavy atom. The number of benzene rings is 1. The minimum absolute atomic E-state index is 0.290. The molecule has 2 rings (SSSR count). The van der Waals surface area contributed by atoms with Crippen LogP contribution >= 0.6 is 23.2 Å². The Hall–Kier alpha value is -0.320.